The summed E-state index contributed by atoms with van der Waals surface area (Å²) >= 11 is 0. The average molecular weight is 157 g/mol. The van der Waals surface area contributed by atoms with Gasteiger partial charge in [0, 0.05) is 13.1 Å². The smallest absolute Gasteiger partial charge is 0.274 e. The van der Waals surface area contributed by atoms with Crippen LogP contribution in [0.2, 0.25) is 12.6 Å². The first kappa shape index (κ1) is 7.55. The molecular weight excluding hydrogens is 145 g/mol. The highest BCUT2D eigenvalue weighted by molar-refractivity contribution is 6.51. The van der Waals surface area contributed by atoms with E-state index in [1.807, 2.05) is 5.06 Å². The van der Waals surface area contributed by atoms with E-state index in [-0.39, 0.29) is 6.92 Å². The Kier molecular flexibility index (Phi) is 2.43. The summed E-state index contributed by atoms with van der Waals surface area (Å²) in [5, 5.41) is 6.38. The summed E-state index contributed by atoms with van der Waals surface area (Å²) in [7, 11) is 0. The minimum absolute atomic E-state index is 0.248. The molecule has 0 spiro atoms. The molecule has 4 nitrogen and oxygen atoms in total. The van der Waals surface area contributed by atoms with Crippen LogP contribution >= 0.6 is 0 Å². The molecule has 5 heteroatoms. The van der Waals surface area contributed by atoms with Gasteiger partial charge < -0.3 is 0 Å². The maximum Gasteiger partial charge on any atom is 0.344 e. The van der Waals surface area contributed by atoms with E-state index in [9.17, 15) is 0 Å². The van der Waals surface area contributed by atoms with E-state index in [0.29, 0.717) is 0 Å². The van der Waals surface area contributed by atoms with Gasteiger partial charge >= 0.3 is 6.92 Å². The van der Waals surface area contributed by atoms with Crippen LogP contribution < -0.4 is 0 Å². The van der Waals surface area contributed by atoms with E-state index in [4.69, 9.17) is 9.79 Å². The summed E-state index contributed by atoms with van der Waals surface area (Å²) in [6, 6.07) is 0. The Balaban J connectivity index is 1.96. The molecule has 3 fully saturated rings. The second-order valence-corrected chi connectivity index (χ2v) is 3.07. The van der Waals surface area contributed by atoms with Gasteiger partial charge in [0.1, 0.15) is 0 Å². The molecule has 3 heterocycles. The molecule has 0 radical (unpaired) electrons. The zero-order chi connectivity index (χ0) is 7.52. The fraction of sp³-hybridized carbons (Fsp3) is 1.00. The fourth-order valence-electron chi connectivity index (χ4n) is 1.53. The monoisotopic (exact) mass is 157 g/mol. The second-order valence-electron chi connectivity index (χ2n) is 3.07. The van der Waals surface area contributed by atoms with Crippen LogP contribution in [0.1, 0.15) is 12.8 Å². The lowest BCUT2D eigenvalue weighted by Gasteiger charge is -2.27. The molecule has 0 atom stereocenters. The molecule has 0 N–H and O–H groups in total. The van der Waals surface area contributed by atoms with Crippen LogP contribution in [-0.4, -0.2) is 25.1 Å². The zero-order valence-corrected chi connectivity index (χ0v) is 6.49. The molecule has 3 aliphatic heterocycles. The summed E-state index contributed by atoms with van der Waals surface area (Å²) in [5.74, 6) is 0. The SMILES string of the molecule is C1CB2CCCN(C1)OOO2. The van der Waals surface area contributed by atoms with Gasteiger partial charge in [-0.3, -0.25) is 4.81 Å². The molecule has 0 aromatic carbocycles. The van der Waals surface area contributed by atoms with E-state index >= 15 is 0 Å². The van der Waals surface area contributed by atoms with Crippen molar-refractivity contribution in [1.82, 2.24) is 5.06 Å². The quantitative estimate of drug-likeness (QED) is 0.385. The zero-order valence-electron chi connectivity index (χ0n) is 6.49. The number of nitrogens with zero attached hydrogens (tertiary/aromatic N) is 1. The van der Waals surface area contributed by atoms with Gasteiger partial charge in [-0.25, -0.2) is 0 Å². The van der Waals surface area contributed by atoms with Gasteiger partial charge in [-0.2, -0.15) is 5.06 Å². The van der Waals surface area contributed by atoms with Crippen LogP contribution in [0.3, 0.4) is 0 Å². The largest absolute Gasteiger partial charge is 0.344 e. The third-order valence-electron chi connectivity index (χ3n) is 2.18. The number of fused-ring (bicyclic) bond motifs is 6. The van der Waals surface area contributed by atoms with Gasteiger partial charge in [0.05, 0.1) is 0 Å². The first-order valence-electron chi connectivity index (χ1n) is 4.20. The lowest BCUT2D eigenvalue weighted by Crippen LogP contribution is -2.36. The molecule has 0 aromatic rings. The van der Waals surface area contributed by atoms with Crippen molar-refractivity contribution in [3.05, 3.63) is 0 Å². The van der Waals surface area contributed by atoms with E-state index < -0.39 is 0 Å². The molecule has 11 heavy (non-hydrogen) atoms. The van der Waals surface area contributed by atoms with Gasteiger partial charge in [0.2, 0.25) is 0 Å². The summed E-state index contributed by atoms with van der Waals surface area (Å²) in [4.78, 5) is 9.85. The van der Waals surface area contributed by atoms with Crippen LogP contribution in [0.5, 0.6) is 0 Å². The van der Waals surface area contributed by atoms with Crippen molar-refractivity contribution in [1.29, 1.82) is 0 Å². The maximum absolute atomic E-state index is 4.99. The Morgan fingerprint density at radius 3 is 2.55 bits per heavy atom. The van der Waals surface area contributed by atoms with Crippen LogP contribution in [-0.2, 0) is 14.8 Å². The standard InChI is InChI=1S/C6H12BNO3/c1-3-7-4-2-6-8(5-1)10-11-9-7/h1-6H2. The van der Waals surface area contributed by atoms with Gasteiger partial charge in [-0.05, 0) is 25.5 Å². The highest BCUT2D eigenvalue weighted by atomic mass is 17.5. The summed E-state index contributed by atoms with van der Waals surface area (Å²) in [6.45, 7) is 2.16. The van der Waals surface area contributed by atoms with Crippen LogP contribution in [0.4, 0.5) is 0 Å². The minimum Gasteiger partial charge on any atom is -0.274 e. The lowest BCUT2D eigenvalue weighted by molar-refractivity contribution is -0.554. The number of rotatable bonds is 0. The highest BCUT2D eigenvalue weighted by Crippen LogP contribution is 2.17. The van der Waals surface area contributed by atoms with E-state index in [0.717, 1.165) is 38.6 Å². The summed E-state index contributed by atoms with van der Waals surface area (Å²) < 4.78 is 0. The molecule has 3 aliphatic rings. The number of hydrogen-bond donors (Lipinski definition) is 0. The first-order chi connectivity index (χ1) is 5.45. The maximum atomic E-state index is 4.99. The van der Waals surface area contributed by atoms with Crippen LogP contribution in [0, 0.1) is 0 Å². The lowest BCUT2D eigenvalue weighted by atomic mass is 9.59. The van der Waals surface area contributed by atoms with Crippen LogP contribution in [0.25, 0.3) is 0 Å². The highest BCUT2D eigenvalue weighted by Gasteiger charge is 2.25. The van der Waals surface area contributed by atoms with Crippen molar-refractivity contribution in [2.75, 3.05) is 13.1 Å². The Hall–Kier alpha value is -0.0951. The summed E-state index contributed by atoms with van der Waals surface area (Å²) in [6.07, 6.45) is 4.43. The van der Waals surface area contributed by atoms with Crippen molar-refractivity contribution in [3.8, 4) is 0 Å². The van der Waals surface area contributed by atoms with Gasteiger partial charge in [0.15, 0.2) is 0 Å². The van der Waals surface area contributed by atoms with E-state index in [2.05, 4.69) is 5.04 Å². The van der Waals surface area contributed by atoms with Gasteiger partial charge in [-0.1, -0.05) is 5.04 Å². The average Bonchev–Trinajstić information content (AvgIpc) is 1.80. The topological polar surface area (TPSA) is 30.9 Å². The number of hydroxylamine groups is 2. The van der Waals surface area contributed by atoms with Crippen molar-refractivity contribution in [2.45, 2.75) is 25.5 Å². The number of hydrogen-bond acceptors (Lipinski definition) is 4. The van der Waals surface area contributed by atoms with Crippen molar-refractivity contribution >= 4 is 6.92 Å². The molecule has 0 aliphatic carbocycles. The Morgan fingerprint density at radius 2 is 1.82 bits per heavy atom. The molecule has 0 amide bonds. The predicted molar refractivity (Wildman–Crippen MR) is 39.4 cm³/mol. The molecular formula is C6H12BNO3. The molecule has 2 bridgehead atoms. The Bertz CT molecular complexity index is 99.2. The van der Waals surface area contributed by atoms with E-state index in [1.54, 1.807) is 0 Å². The summed E-state index contributed by atoms with van der Waals surface area (Å²) in [5.41, 5.74) is 0. The van der Waals surface area contributed by atoms with Crippen molar-refractivity contribution < 1.29 is 14.8 Å². The molecule has 0 saturated carbocycles. The minimum atomic E-state index is 0.248. The molecule has 0 unspecified atom stereocenters. The predicted octanol–water partition coefficient (Wildman–Crippen LogP) is 0.882. The molecule has 0 aromatic heterocycles. The van der Waals surface area contributed by atoms with Gasteiger partial charge in [0.25, 0.3) is 0 Å². The molecule has 3 rings (SSSR count). The first-order valence-corrected chi connectivity index (χ1v) is 4.20. The van der Waals surface area contributed by atoms with Crippen molar-refractivity contribution in [2.24, 2.45) is 0 Å². The fourth-order valence-corrected chi connectivity index (χ4v) is 1.53. The van der Waals surface area contributed by atoms with E-state index in [1.165, 1.54) is 0 Å². The second kappa shape index (κ2) is 3.54. The third-order valence-corrected chi connectivity index (χ3v) is 2.18. The van der Waals surface area contributed by atoms with Crippen molar-refractivity contribution in [3.63, 3.8) is 0 Å². The Labute approximate surface area is 66.3 Å². The third kappa shape index (κ3) is 1.93. The molecule has 62 valence electrons. The van der Waals surface area contributed by atoms with Crippen LogP contribution in [0.15, 0.2) is 0 Å². The molecule has 3 saturated heterocycles. The normalized spacial score (nSPS) is 27.8. The Morgan fingerprint density at radius 1 is 1.09 bits per heavy atom. The van der Waals surface area contributed by atoms with Gasteiger partial charge in [-0.15, -0.1) is 4.99 Å².